The van der Waals surface area contributed by atoms with E-state index in [4.69, 9.17) is 5.14 Å². The van der Waals surface area contributed by atoms with E-state index in [9.17, 15) is 8.42 Å². The molecular weight excluding hydrogens is 338 g/mol. The zero-order valence-corrected chi connectivity index (χ0v) is 15.8. The van der Waals surface area contributed by atoms with Crippen LogP contribution in [-0.4, -0.2) is 30.5 Å². The van der Waals surface area contributed by atoms with Crippen molar-refractivity contribution in [3.63, 3.8) is 0 Å². The van der Waals surface area contributed by atoms with Crippen LogP contribution in [0.25, 0.3) is 0 Å². The lowest BCUT2D eigenvalue weighted by atomic mass is 10.1. The van der Waals surface area contributed by atoms with E-state index in [1.54, 1.807) is 12.1 Å². The number of hydrogen-bond acceptors (Lipinski definition) is 6. The number of hydrogen-bond donors (Lipinski definition) is 3. The molecule has 0 amide bonds. The Bertz CT molecular complexity index is 827. The van der Waals surface area contributed by atoms with Crippen LogP contribution in [0.2, 0.25) is 0 Å². The number of sulfonamides is 1. The van der Waals surface area contributed by atoms with Crippen molar-refractivity contribution in [3.05, 3.63) is 41.6 Å². The zero-order chi connectivity index (χ0) is 18.7. The average Bonchev–Trinajstić information content (AvgIpc) is 2.44. The van der Waals surface area contributed by atoms with Crippen LogP contribution in [0.5, 0.6) is 0 Å². The van der Waals surface area contributed by atoms with Gasteiger partial charge in [0.05, 0.1) is 4.90 Å². The molecule has 136 valence electrons. The van der Waals surface area contributed by atoms with E-state index in [-0.39, 0.29) is 10.4 Å². The number of nitrogens with two attached hydrogens (primary N) is 1. The summed E-state index contributed by atoms with van der Waals surface area (Å²) in [6.45, 7) is 8.75. The first kappa shape index (κ1) is 19.1. The smallest absolute Gasteiger partial charge is 0.238 e. The molecule has 0 unspecified atom stereocenters. The first-order chi connectivity index (χ1) is 11.5. The fourth-order valence-electron chi connectivity index (χ4n) is 2.23. The lowest BCUT2D eigenvalue weighted by Crippen LogP contribution is -2.27. The van der Waals surface area contributed by atoms with E-state index in [1.165, 1.54) is 12.1 Å². The fourth-order valence-corrected chi connectivity index (χ4v) is 2.75. The van der Waals surface area contributed by atoms with Crippen molar-refractivity contribution in [2.75, 3.05) is 17.2 Å². The third-order valence-electron chi connectivity index (χ3n) is 3.31. The minimum Gasteiger partial charge on any atom is -0.370 e. The lowest BCUT2D eigenvalue weighted by Gasteiger charge is -2.21. The van der Waals surface area contributed by atoms with Gasteiger partial charge in [0.15, 0.2) is 0 Å². The number of aromatic nitrogens is 2. The highest BCUT2D eigenvalue weighted by Crippen LogP contribution is 2.14. The minimum absolute atomic E-state index is 0.115. The summed E-state index contributed by atoms with van der Waals surface area (Å²) in [5, 5.41) is 11.6. The monoisotopic (exact) mass is 363 g/mol. The molecule has 0 aliphatic carbocycles. The largest absolute Gasteiger partial charge is 0.370 e. The molecule has 0 saturated carbocycles. The van der Waals surface area contributed by atoms with Gasteiger partial charge in [0, 0.05) is 23.8 Å². The Morgan fingerprint density at radius 2 is 1.76 bits per heavy atom. The first-order valence-electron chi connectivity index (χ1n) is 8.02. The van der Waals surface area contributed by atoms with Crippen LogP contribution in [0, 0.1) is 6.92 Å². The van der Waals surface area contributed by atoms with Gasteiger partial charge in [0.25, 0.3) is 0 Å². The molecule has 1 aromatic carbocycles. The molecule has 8 heteroatoms. The summed E-state index contributed by atoms with van der Waals surface area (Å²) in [7, 11) is -3.65. The van der Waals surface area contributed by atoms with Crippen LogP contribution >= 0.6 is 0 Å². The second-order valence-corrected chi connectivity index (χ2v) is 8.52. The van der Waals surface area contributed by atoms with Crippen LogP contribution in [0.3, 0.4) is 0 Å². The highest BCUT2D eigenvalue weighted by molar-refractivity contribution is 7.89. The van der Waals surface area contributed by atoms with Gasteiger partial charge in [-0.1, -0.05) is 12.1 Å². The highest BCUT2D eigenvalue weighted by Gasteiger charge is 2.12. The third kappa shape index (κ3) is 6.32. The number of benzene rings is 1. The molecule has 2 rings (SSSR count). The van der Waals surface area contributed by atoms with E-state index < -0.39 is 10.0 Å². The molecule has 4 N–H and O–H groups in total. The summed E-state index contributed by atoms with van der Waals surface area (Å²) >= 11 is 0. The Morgan fingerprint density at radius 3 is 2.32 bits per heavy atom. The van der Waals surface area contributed by atoms with Crippen molar-refractivity contribution in [2.24, 2.45) is 5.14 Å². The quantitative estimate of drug-likeness (QED) is 0.726. The van der Waals surface area contributed by atoms with Gasteiger partial charge in [-0.2, -0.15) is 4.98 Å². The van der Waals surface area contributed by atoms with Gasteiger partial charge < -0.3 is 10.6 Å². The Labute approximate surface area is 149 Å². The minimum atomic E-state index is -3.65. The van der Waals surface area contributed by atoms with Gasteiger partial charge >= 0.3 is 0 Å². The molecule has 0 radical (unpaired) electrons. The summed E-state index contributed by atoms with van der Waals surface area (Å²) in [5.74, 6) is 1.34. The van der Waals surface area contributed by atoms with E-state index in [0.29, 0.717) is 12.5 Å². The van der Waals surface area contributed by atoms with Crippen molar-refractivity contribution in [1.82, 2.24) is 9.97 Å². The van der Waals surface area contributed by atoms with Crippen LogP contribution in [0.4, 0.5) is 11.8 Å². The van der Waals surface area contributed by atoms with Gasteiger partial charge in [-0.3, -0.25) is 0 Å². The van der Waals surface area contributed by atoms with Gasteiger partial charge in [0.1, 0.15) is 5.82 Å². The van der Waals surface area contributed by atoms with E-state index in [0.717, 1.165) is 23.5 Å². The highest BCUT2D eigenvalue weighted by atomic mass is 32.2. The fraction of sp³-hybridized carbons (Fsp3) is 0.412. The molecule has 0 fully saturated rings. The predicted molar refractivity (Wildman–Crippen MR) is 100 cm³/mol. The molecule has 0 saturated heterocycles. The second-order valence-electron chi connectivity index (χ2n) is 6.96. The SMILES string of the molecule is Cc1cc(NCCc2ccc(S(N)(=O)=O)cc2)nc(NC(C)(C)C)n1. The first-order valence-corrected chi connectivity index (χ1v) is 9.57. The number of nitrogens with one attached hydrogen (secondary N) is 2. The molecule has 7 nitrogen and oxygen atoms in total. The molecule has 1 heterocycles. The topological polar surface area (TPSA) is 110 Å². The summed E-state index contributed by atoms with van der Waals surface area (Å²) < 4.78 is 22.5. The summed E-state index contributed by atoms with van der Waals surface area (Å²) in [6.07, 6.45) is 0.732. The molecule has 25 heavy (non-hydrogen) atoms. The van der Waals surface area contributed by atoms with Crippen molar-refractivity contribution in [2.45, 2.75) is 44.6 Å². The molecule has 0 spiro atoms. The van der Waals surface area contributed by atoms with Gasteiger partial charge in [0.2, 0.25) is 16.0 Å². The maximum atomic E-state index is 11.3. The van der Waals surface area contributed by atoms with Crippen molar-refractivity contribution in [1.29, 1.82) is 0 Å². The predicted octanol–water partition coefficient (Wildman–Crippen LogP) is 2.30. The zero-order valence-electron chi connectivity index (χ0n) is 15.0. The second kappa shape index (κ2) is 7.37. The molecule has 0 aliphatic rings. The number of primary sulfonamides is 1. The number of rotatable bonds is 6. The van der Waals surface area contributed by atoms with Gasteiger partial charge in [-0.15, -0.1) is 0 Å². The Balaban J connectivity index is 1.97. The standard InChI is InChI=1S/C17H25N5O2S/c1-12-11-15(21-16(20-12)22-17(2,3)4)19-10-9-13-5-7-14(8-6-13)25(18,23)24/h5-8,11H,9-10H2,1-4H3,(H2,18,23,24)(H2,19,20,21,22). The van der Waals surface area contributed by atoms with Crippen LogP contribution in [0.1, 0.15) is 32.0 Å². The lowest BCUT2D eigenvalue weighted by molar-refractivity contribution is 0.597. The normalized spacial score (nSPS) is 12.0. The number of aryl methyl sites for hydroxylation is 1. The summed E-state index contributed by atoms with van der Waals surface area (Å²) in [4.78, 5) is 8.97. The molecule has 2 aromatic rings. The Hall–Kier alpha value is -2.19. The van der Waals surface area contributed by atoms with Crippen LogP contribution < -0.4 is 15.8 Å². The molecule has 0 bridgehead atoms. The molecular formula is C17H25N5O2S. The van der Waals surface area contributed by atoms with E-state index >= 15 is 0 Å². The molecule has 0 atom stereocenters. The number of anilines is 2. The van der Waals surface area contributed by atoms with Crippen molar-refractivity contribution in [3.8, 4) is 0 Å². The average molecular weight is 363 g/mol. The van der Waals surface area contributed by atoms with E-state index in [2.05, 4.69) is 41.4 Å². The number of nitrogens with zero attached hydrogens (tertiary/aromatic N) is 2. The Morgan fingerprint density at radius 1 is 1.12 bits per heavy atom. The third-order valence-corrected chi connectivity index (χ3v) is 4.24. The van der Waals surface area contributed by atoms with Gasteiger partial charge in [-0.05, 0) is 51.8 Å². The Kier molecular flexibility index (Phi) is 5.64. The maximum Gasteiger partial charge on any atom is 0.238 e. The van der Waals surface area contributed by atoms with Crippen molar-refractivity contribution < 1.29 is 8.42 Å². The maximum absolute atomic E-state index is 11.3. The summed E-state index contributed by atoms with van der Waals surface area (Å²) in [5.41, 5.74) is 1.77. The van der Waals surface area contributed by atoms with Crippen LogP contribution in [0.15, 0.2) is 35.2 Å². The summed E-state index contributed by atoms with van der Waals surface area (Å²) in [6, 6.07) is 8.45. The molecule has 1 aromatic heterocycles. The van der Waals surface area contributed by atoms with Crippen molar-refractivity contribution >= 4 is 21.8 Å². The van der Waals surface area contributed by atoms with E-state index in [1.807, 2.05) is 13.0 Å². The van der Waals surface area contributed by atoms with Gasteiger partial charge in [-0.25, -0.2) is 18.5 Å². The van der Waals surface area contributed by atoms with Crippen LogP contribution in [-0.2, 0) is 16.4 Å². The molecule has 0 aliphatic heterocycles.